The summed E-state index contributed by atoms with van der Waals surface area (Å²) in [4.78, 5) is 35.3. The maximum atomic E-state index is 14.1. The second kappa shape index (κ2) is 16.6. The van der Waals surface area contributed by atoms with E-state index in [1.807, 2.05) is 70.3 Å². The van der Waals surface area contributed by atoms with Crippen molar-refractivity contribution in [2.24, 2.45) is 11.8 Å². The maximum Gasteiger partial charge on any atom is 0.321 e. The molecule has 1 aliphatic rings. The third-order valence-electron chi connectivity index (χ3n) is 8.23. The molecule has 13 nitrogen and oxygen atoms in total. The standard InChI is InChI=1S/C34H48N6O7S3/c1-23(2)19-39(50(46,47)29-14-12-27(13-15-29)37-49(6,44)45)21-31(41)30(18-26-10-8-7-9-11-26)36-33(42)32(24(3)4)40-17-16-38(34(40)43)20-28-22-48-25(5)35-28/h7-15,22-24,30-32,37,41H,16-21H2,1-6H3,(H,36,42)/t30-,31+,32-/m0/s1. The molecule has 0 aliphatic carbocycles. The minimum atomic E-state index is -4.15. The number of sulfonamides is 2. The van der Waals surface area contributed by atoms with E-state index in [9.17, 15) is 31.5 Å². The molecule has 2 aromatic carbocycles. The van der Waals surface area contributed by atoms with E-state index in [0.29, 0.717) is 19.6 Å². The molecule has 1 aromatic heterocycles. The van der Waals surface area contributed by atoms with Gasteiger partial charge in [0.05, 0.1) is 40.5 Å². The van der Waals surface area contributed by atoms with Gasteiger partial charge in [0.2, 0.25) is 26.0 Å². The molecule has 0 unspecified atom stereocenters. The normalized spacial score (nSPS) is 15.9. The molecule has 0 radical (unpaired) electrons. The first-order valence-corrected chi connectivity index (χ1v) is 20.7. The van der Waals surface area contributed by atoms with Gasteiger partial charge in [0, 0.05) is 37.2 Å². The van der Waals surface area contributed by atoms with Crippen molar-refractivity contribution in [3.63, 3.8) is 0 Å². The number of carbonyl (C=O) groups excluding carboxylic acids is 2. The van der Waals surface area contributed by atoms with Gasteiger partial charge in [-0.3, -0.25) is 9.52 Å². The third kappa shape index (κ3) is 10.5. The molecular weight excluding hydrogens is 701 g/mol. The van der Waals surface area contributed by atoms with E-state index in [-0.39, 0.29) is 48.0 Å². The van der Waals surface area contributed by atoms with Crippen LogP contribution in [0.2, 0.25) is 0 Å². The van der Waals surface area contributed by atoms with Crippen molar-refractivity contribution in [1.82, 2.24) is 24.4 Å². The Balaban J connectivity index is 1.57. The fourth-order valence-corrected chi connectivity index (χ4v) is 8.77. The predicted octanol–water partition coefficient (Wildman–Crippen LogP) is 3.52. The van der Waals surface area contributed by atoms with Gasteiger partial charge in [0.25, 0.3) is 0 Å². The number of hydrogen-bond acceptors (Lipinski definition) is 9. The number of aromatic nitrogens is 1. The Morgan fingerprint density at radius 3 is 2.22 bits per heavy atom. The Hall–Kier alpha value is -3.57. The Morgan fingerprint density at radius 2 is 1.66 bits per heavy atom. The topological polar surface area (TPSA) is 169 Å². The zero-order valence-electron chi connectivity index (χ0n) is 29.3. The average molecular weight is 749 g/mol. The second-order valence-electron chi connectivity index (χ2n) is 13.4. The van der Waals surface area contributed by atoms with Crippen molar-refractivity contribution in [3.05, 3.63) is 76.2 Å². The number of benzene rings is 2. The van der Waals surface area contributed by atoms with E-state index in [2.05, 4.69) is 15.0 Å². The molecule has 3 aromatic rings. The van der Waals surface area contributed by atoms with Gasteiger partial charge in [-0.25, -0.2) is 26.6 Å². The van der Waals surface area contributed by atoms with Crippen LogP contribution in [0.15, 0.2) is 64.9 Å². The molecule has 274 valence electrons. The number of thiazole rings is 1. The number of aliphatic hydroxyl groups is 1. The molecule has 3 amide bonds. The van der Waals surface area contributed by atoms with Gasteiger partial charge in [-0.05, 0) is 55.0 Å². The molecular formula is C34H48N6O7S3. The average Bonchev–Trinajstić information content (AvgIpc) is 3.60. The van der Waals surface area contributed by atoms with Crippen LogP contribution in [0.4, 0.5) is 10.5 Å². The van der Waals surface area contributed by atoms with Crippen LogP contribution in [0, 0.1) is 18.8 Å². The zero-order valence-corrected chi connectivity index (χ0v) is 31.8. The van der Waals surface area contributed by atoms with E-state index in [0.717, 1.165) is 22.5 Å². The molecule has 50 heavy (non-hydrogen) atoms. The lowest BCUT2D eigenvalue weighted by Gasteiger charge is -2.34. The van der Waals surface area contributed by atoms with Crippen molar-refractivity contribution in [3.8, 4) is 0 Å². The summed E-state index contributed by atoms with van der Waals surface area (Å²) in [6.07, 6.45) is -0.117. The minimum Gasteiger partial charge on any atom is -0.390 e. The smallest absolute Gasteiger partial charge is 0.321 e. The van der Waals surface area contributed by atoms with Gasteiger partial charge >= 0.3 is 6.03 Å². The molecule has 1 aliphatic heterocycles. The molecule has 1 fully saturated rings. The molecule has 2 heterocycles. The van der Waals surface area contributed by atoms with Gasteiger partial charge in [0.15, 0.2) is 0 Å². The number of hydrogen-bond donors (Lipinski definition) is 3. The van der Waals surface area contributed by atoms with Crippen LogP contribution in [-0.4, -0.2) is 104 Å². The highest BCUT2D eigenvalue weighted by Crippen LogP contribution is 2.24. The van der Waals surface area contributed by atoms with Crippen LogP contribution >= 0.6 is 11.3 Å². The van der Waals surface area contributed by atoms with Crippen molar-refractivity contribution < 1.29 is 31.5 Å². The van der Waals surface area contributed by atoms with Gasteiger partial charge in [0.1, 0.15) is 6.04 Å². The van der Waals surface area contributed by atoms with E-state index in [1.165, 1.54) is 39.9 Å². The van der Waals surface area contributed by atoms with Gasteiger partial charge in [-0.15, -0.1) is 11.3 Å². The summed E-state index contributed by atoms with van der Waals surface area (Å²) >= 11 is 1.51. The molecule has 16 heteroatoms. The van der Waals surface area contributed by atoms with Gasteiger partial charge < -0.3 is 20.2 Å². The van der Waals surface area contributed by atoms with Crippen LogP contribution in [0.3, 0.4) is 0 Å². The number of aliphatic hydroxyl groups excluding tert-OH is 1. The summed E-state index contributed by atoms with van der Waals surface area (Å²) in [7, 11) is -7.70. The molecule has 3 atom stereocenters. The minimum absolute atomic E-state index is 0.0715. The first-order chi connectivity index (χ1) is 23.4. The third-order valence-corrected chi connectivity index (χ3v) is 11.5. The lowest BCUT2D eigenvalue weighted by molar-refractivity contribution is -0.128. The quantitative estimate of drug-likeness (QED) is 0.189. The number of rotatable bonds is 17. The maximum absolute atomic E-state index is 14.1. The van der Waals surface area contributed by atoms with Crippen molar-refractivity contribution in [1.29, 1.82) is 0 Å². The second-order valence-corrected chi connectivity index (χ2v) is 18.2. The number of amides is 3. The van der Waals surface area contributed by atoms with E-state index >= 15 is 0 Å². The van der Waals surface area contributed by atoms with Crippen LogP contribution in [0.25, 0.3) is 0 Å². The Bertz CT molecular complexity index is 1820. The number of anilines is 1. The summed E-state index contributed by atoms with van der Waals surface area (Å²) < 4.78 is 54.6. The van der Waals surface area contributed by atoms with E-state index in [1.54, 1.807) is 9.80 Å². The lowest BCUT2D eigenvalue weighted by Crippen LogP contribution is -2.57. The number of nitrogens with one attached hydrogen (secondary N) is 2. The summed E-state index contributed by atoms with van der Waals surface area (Å²) in [6.45, 7) is 10.2. The Kier molecular flexibility index (Phi) is 13.0. The molecule has 0 bridgehead atoms. The first-order valence-electron chi connectivity index (χ1n) is 16.5. The monoisotopic (exact) mass is 748 g/mol. The summed E-state index contributed by atoms with van der Waals surface area (Å²) in [5.41, 5.74) is 1.83. The van der Waals surface area contributed by atoms with Crippen molar-refractivity contribution in [2.45, 2.75) is 70.7 Å². The fraction of sp³-hybridized carbons (Fsp3) is 0.500. The van der Waals surface area contributed by atoms with Gasteiger partial charge in [-0.2, -0.15) is 4.31 Å². The van der Waals surface area contributed by atoms with Gasteiger partial charge in [-0.1, -0.05) is 58.0 Å². The zero-order chi connectivity index (χ0) is 36.8. The molecule has 4 rings (SSSR count). The number of aryl methyl sites for hydroxylation is 1. The lowest BCUT2D eigenvalue weighted by atomic mass is 9.97. The highest BCUT2D eigenvalue weighted by Gasteiger charge is 2.40. The fourth-order valence-electron chi connectivity index (χ4n) is 5.98. The van der Waals surface area contributed by atoms with Crippen molar-refractivity contribution in [2.75, 3.05) is 37.2 Å². The van der Waals surface area contributed by atoms with Crippen LogP contribution < -0.4 is 10.0 Å². The van der Waals surface area contributed by atoms with E-state index in [4.69, 9.17) is 0 Å². The van der Waals surface area contributed by atoms with Crippen LogP contribution in [-0.2, 0) is 37.8 Å². The highest BCUT2D eigenvalue weighted by atomic mass is 32.2. The number of carbonyl (C=O) groups is 2. The van der Waals surface area contributed by atoms with Crippen LogP contribution in [0.1, 0.15) is 44.0 Å². The van der Waals surface area contributed by atoms with Crippen molar-refractivity contribution >= 4 is 49.0 Å². The largest absolute Gasteiger partial charge is 0.390 e. The molecule has 3 N–H and O–H groups in total. The molecule has 0 spiro atoms. The molecule has 1 saturated heterocycles. The predicted molar refractivity (Wildman–Crippen MR) is 195 cm³/mol. The SMILES string of the molecule is Cc1nc(CN2CCN([C@H](C(=O)N[C@@H](Cc3ccccc3)[C@H](O)CN(CC(C)C)S(=O)(=O)c3ccc(NS(C)(=O)=O)cc3)C(C)C)C2=O)cs1. The number of urea groups is 1. The Morgan fingerprint density at radius 1 is 1.00 bits per heavy atom. The molecule has 0 saturated carbocycles. The Labute approximate surface area is 299 Å². The van der Waals surface area contributed by atoms with E-state index < -0.39 is 44.1 Å². The first kappa shape index (κ1) is 39.2. The van der Waals surface area contributed by atoms with Crippen LogP contribution in [0.5, 0.6) is 0 Å². The summed E-state index contributed by atoms with van der Waals surface area (Å²) in [6, 6.07) is 12.6. The summed E-state index contributed by atoms with van der Waals surface area (Å²) in [5, 5.41) is 17.6. The number of nitrogens with zero attached hydrogens (tertiary/aromatic N) is 4. The summed E-state index contributed by atoms with van der Waals surface area (Å²) in [5.74, 6) is -0.798. The highest BCUT2D eigenvalue weighted by molar-refractivity contribution is 7.92.